The van der Waals surface area contributed by atoms with Gasteiger partial charge in [-0.2, -0.15) is 5.10 Å². The van der Waals surface area contributed by atoms with Crippen LogP contribution in [0.5, 0.6) is 0 Å². The molecular weight excluding hydrogens is 292 g/mol. The van der Waals surface area contributed by atoms with Gasteiger partial charge in [0.15, 0.2) is 5.69 Å². The minimum atomic E-state index is -0.201. The predicted molar refractivity (Wildman–Crippen MR) is 87.2 cm³/mol. The van der Waals surface area contributed by atoms with Crippen molar-refractivity contribution in [1.29, 1.82) is 0 Å². The number of aromatic amines is 1. The molecule has 0 spiro atoms. The Balaban J connectivity index is 1.45. The summed E-state index contributed by atoms with van der Waals surface area (Å²) in [6.45, 7) is 3.05. The molecule has 1 aromatic heterocycles. The Labute approximate surface area is 135 Å². The van der Waals surface area contributed by atoms with Crippen LogP contribution in [0.2, 0.25) is 0 Å². The summed E-state index contributed by atoms with van der Waals surface area (Å²) in [7, 11) is 0. The number of aliphatic hydroxyl groups is 1. The third-order valence-electron chi connectivity index (χ3n) is 5.19. The Morgan fingerprint density at radius 1 is 1.17 bits per heavy atom. The van der Waals surface area contributed by atoms with E-state index in [2.05, 4.69) is 15.1 Å². The highest BCUT2D eigenvalue weighted by Crippen LogP contribution is 2.25. The van der Waals surface area contributed by atoms with Crippen LogP contribution < -0.4 is 0 Å². The lowest BCUT2D eigenvalue weighted by atomic mass is 10.1. The second-order valence-corrected chi connectivity index (χ2v) is 6.51. The van der Waals surface area contributed by atoms with Crippen molar-refractivity contribution in [3.05, 3.63) is 30.0 Å². The van der Waals surface area contributed by atoms with E-state index in [1.165, 1.54) is 0 Å². The lowest BCUT2D eigenvalue weighted by Crippen LogP contribution is -2.53. The van der Waals surface area contributed by atoms with Crippen molar-refractivity contribution < 1.29 is 9.90 Å². The number of carbonyl (C=O) groups excluding carboxylic acids is 1. The molecule has 6 nitrogen and oxygen atoms in total. The zero-order valence-corrected chi connectivity index (χ0v) is 13.1. The quantitative estimate of drug-likeness (QED) is 0.874. The van der Waals surface area contributed by atoms with E-state index in [0.717, 1.165) is 43.3 Å². The smallest absolute Gasteiger partial charge is 0.275 e. The third kappa shape index (κ3) is 2.62. The minimum Gasteiger partial charge on any atom is -0.391 e. The molecule has 6 heteroatoms. The SMILES string of the molecule is O=C(c1n[nH]c2ccccc12)N1CCN([C@H]2CCC[C@H]2O)CC1. The number of hydrogen-bond acceptors (Lipinski definition) is 4. The summed E-state index contributed by atoms with van der Waals surface area (Å²) in [6.07, 6.45) is 2.87. The van der Waals surface area contributed by atoms with Gasteiger partial charge in [0.1, 0.15) is 0 Å². The first-order valence-electron chi connectivity index (χ1n) is 8.38. The van der Waals surface area contributed by atoms with Crippen LogP contribution in [0, 0.1) is 0 Å². The Morgan fingerprint density at radius 2 is 1.96 bits per heavy atom. The number of benzene rings is 1. The summed E-state index contributed by atoms with van der Waals surface area (Å²) in [6, 6.07) is 7.99. The molecule has 2 atom stereocenters. The van der Waals surface area contributed by atoms with Gasteiger partial charge in [-0.3, -0.25) is 14.8 Å². The highest BCUT2D eigenvalue weighted by atomic mass is 16.3. The second kappa shape index (κ2) is 5.94. The molecule has 4 rings (SSSR count). The Morgan fingerprint density at radius 3 is 2.70 bits per heavy atom. The Bertz CT molecular complexity index is 705. The zero-order chi connectivity index (χ0) is 15.8. The molecule has 1 amide bonds. The maximum absolute atomic E-state index is 12.7. The van der Waals surface area contributed by atoms with Gasteiger partial charge in [-0.15, -0.1) is 0 Å². The lowest BCUT2D eigenvalue weighted by molar-refractivity contribution is 0.0314. The molecule has 1 saturated carbocycles. The van der Waals surface area contributed by atoms with Crippen molar-refractivity contribution >= 4 is 16.8 Å². The number of piperazine rings is 1. The van der Waals surface area contributed by atoms with Crippen molar-refractivity contribution in [2.24, 2.45) is 0 Å². The van der Waals surface area contributed by atoms with E-state index in [1.54, 1.807) is 0 Å². The molecule has 1 saturated heterocycles. The largest absolute Gasteiger partial charge is 0.391 e. The molecule has 1 aliphatic carbocycles. The number of H-pyrrole nitrogens is 1. The van der Waals surface area contributed by atoms with Crippen LogP contribution >= 0.6 is 0 Å². The van der Waals surface area contributed by atoms with E-state index in [1.807, 2.05) is 29.2 Å². The van der Waals surface area contributed by atoms with E-state index in [4.69, 9.17) is 0 Å². The number of aromatic nitrogens is 2. The van der Waals surface area contributed by atoms with E-state index in [9.17, 15) is 9.90 Å². The topological polar surface area (TPSA) is 72.5 Å². The van der Waals surface area contributed by atoms with Gasteiger partial charge in [-0.1, -0.05) is 18.2 Å². The standard InChI is InChI=1S/C17H22N4O2/c22-15-7-3-6-14(15)20-8-10-21(11-9-20)17(23)16-12-4-1-2-5-13(12)18-19-16/h1-2,4-5,14-15,22H,3,6-11H2,(H,18,19)/t14-,15+/m0/s1. The molecule has 2 heterocycles. The van der Waals surface area contributed by atoms with Crippen molar-refractivity contribution in [3.8, 4) is 0 Å². The molecule has 1 aliphatic heterocycles. The molecule has 2 aliphatic rings. The van der Waals surface area contributed by atoms with E-state index in [0.29, 0.717) is 18.8 Å². The van der Waals surface area contributed by atoms with Gasteiger partial charge in [0.2, 0.25) is 0 Å². The highest BCUT2D eigenvalue weighted by molar-refractivity contribution is 6.04. The number of para-hydroxylation sites is 1. The van der Waals surface area contributed by atoms with Gasteiger partial charge in [0, 0.05) is 37.6 Å². The van der Waals surface area contributed by atoms with Gasteiger partial charge in [0.25, 0.3) is 5.91 Å². The summed E-state index contributed by atoms with van der Waals surface area (Å²) >= 11 is 0. The number of aliphatic hydroxyl groups excluding tert-OH is 1. The van der Waals surface area contributed by atoms with Crippen molar-refractivity contribution in [2.45, 2.75) is 31.4 Å². The maximum atomic E-state index is 12.7. The normalized spacial score (nSPS) is 26.0. The number of amides is 1. The summed E-state index contributed by atoms with van der Waals surface area (Å²) in [5.41, 5.74) is 1.40. The van der Waals surface area contributed by atoms with E-state index >= 15 is 0 Å². The fraction of sp³-hybridized carbons (Fsp3) is 0.529. The maximum Gasteiger partial charge on any atom is 0.275 e. The first kappa shape index (κ1) is 14.7. The number of nitrogens with zero attached hydrogens (tertiary/aromatic N) is 3. The zero-order valence-electron chi connectivity index (χ0n) is 13.1. The molecule has 0 unspecified atom stereocenters. The molecule has 2 aromatic rings. The lowest BCUT2D eigenvalue weighted by Gasteiger charge is -2.38. The number of fused-ring (bicyclic) bond motifs is 1. The van der Waals surface area contributed by atoms with Crippen LogP contribution in [-0.4, -0.2) is 69.3 Å². The Kier molecular flexibility index (Phi) is 3.79. The van der Waals surface area contributed by atoms with Gasteiger partial charge >= 0.3 is 0 Å². The van der Waals surface area contributed by atoms with Gasteiger partial charge < -0.3 is 10.0 Å². The van der Waals surface area contributed by atoms with Gasteiger partial charge in [0.05, 0.1) is 11.6 Å². The fourth-order valence-corrected chi connectivity index (χ4v) is 3.88. The number of rotatable bonds is 2. The van der Waals surface area contributed by atoms with Crippen molar-refractivity contribution in [2.75, 3.05) is 26.2 Å². The van der Waals surface area contributed by atoms with E-state index in [-0.39, 0.29) is 18.1 Å². The molecule has 23 heavy (non-hydrogen) atoms. The fourth-order valence-electron chi connectivity index (χ4n) is 3.88. The molecule has 2 N–H and O–H groups in total. The predicted octanol–water partition coefficient (Wildman–Crippen LogP) is 1.23. The molecular formula is C17H22N4O2. The summed E-state index contributed by atoms with van der Waals surface area (Å²) in [5, 5.41) is 18.1. The van der Waals surface area contributed by atoms with Crippen molar-refractivity contribution in [3.63, 3.8) is 0 Å². The number of carbonyl (C=O) groups is 1. The summed E-state index contributed by atoms with van der Waals surface area (Å²) < 4.78 is 0. The molecule has 2 fully saturated rings. The summed E-state index contributed by atoms with van der Waals surface area (Å²) in [4.78, 5) is 17.0. The van der Waals surface area contributed by atoms with Crippen molar-refractivity contribution in [1.82, 2.24) is 20.0 Å². The third-order valence-corrected chi connectivity index (χ3v) is 5.19. The van der Waals surface area contributed by atoms with Gasteiger partial charge in [-0.05, 0) is 25.3 Å². The molecule has 122 valence electrons. The van der Waals surface area contributed by atoms with E-state index < -0.39 is 0 Å². The molecule has 0 bridgehead atoms. The van der Waals surface area contributed by atoms with Crippen LogP contribution in [0.15, 0.2) is 24.3 Å². The Hall–Kier alpha value is -1.92. The number of nitrogens with one attached hydrogen (secondary N) is 1. The van der Waals surface area contributed by atoms with Crippen LogP contribution in [0.4, 0.5) is 0 Å². The first-order chi connectivity index (χ1) is 11.2. The monoisotopic (exact) mass is 314 g/mol. The highest BCUT2D eigenvalue weighted by Gasteiger charge is 2.34. The minimum absolute atomic E-state index is 0.00549. The average Bonchev–Trinajstić information content (AvgIpc) is 3.20. The van der Waals surface area contributed by atoms with Gasteiger partial charge in [-0.25, -0.2) is 0 Å². The van der Waals surface area contributed by atoms with Crippen LogP contribution in [0.1, 0.15) is 29.8 Å². The second-order valence-electron chi connectivity index (χ2n) is 6.51. The first-order valence-corrected chi connectivity index (χ1v) is 8.38. The summed E-state index contributed by atoms with van der Waals surface area (Å²) in [5.74, 6) is -0.00549. The molecule has 1 aromatic carbocycles. The average molecular weight is 314 g/mol. The number of hydrogen-bond donors (Lipinski definition) is 2. The molecule has 0 radical (unpaired) electrons. The van der Waals surface area contributed by atoms with Crippen LogP contribution in [0.25, 0.3) is 10.9 Å². The van der Waals surface area contributed by atoms with Crippen LogP contribution in [0.3, 0.4) is 0 Å². The van der Waals surface area contributed by atoms with Crippen LogP contribution in [-0.2, 0) is 0 Å².